The number of nitrogens with zero attached hydrogens (tertiary/aromatic N) is 1. The Morgan fingerprint density at radius 1 is 1.52 bits per heavy atom. The van der Waals surface area contributed by atoms with Crippen molar-refractivity contribution in [3.05, 3.63) is 29.6 Å². The van der Waals surface area contributed by atoms with Crippen LogP contribution in [0.5, 0.6) is 5.75 Å². The molecule has 1 atom stereocenters. The lowest BCUT2D eigenvalue weighted by Gasteiger charge is -2.31. The average molecular weight is 292 g/mol. The minimum absolute atomic E-state index is 0.00251. The molecule has 4 nitrogen and oxygen atoms in total. The van der Waals surface area contributed by atoms with Crippen molar-refractivity contribution in [3.63, 3.8) is 0 Å². The topological polar surface area (TPSA) is 47.7 Å². The van der Waals surface area contributed by atoms with E-state index in [2.05, 4.69) is 23.7 Å². The number of halogens is 1. The largest absolute Gasteiger partial charge is 0.489 e. The molecule has 21 heavy (non-hydrogen) atoms. The summed E-state index contributed by atoms with van der Waals surface area (Å²) in [5.74, 6) is 5.74. The second-order valence-electron chi connectivity index (χ2n) is 4.84. The second kappa shape index (κ2) is 7.99. The molecule has 1 aliphatic heterocycles. The summed E-state index contributed by atoms with van der Waals surface area (Å²) in [6, 6.07) is 4.32. The van der Waals surface area contributed by atoms with Crippen LogP contribution in [0.4, 0.5) is 4.39 Å². The Labute approximate surface area is 125 Å². The number of nitrogens with two attached hydrogens (primary N) is 1. The molecule has 2 rings (SSSR count). The van der Waals surface area contributed by atoms with Crippen LogP contribution in [0.2, 0.25) is 0 Å². The fraction of sp³-hybridized carbons (Fsp3) is 0.500. The zero-order valence-electron chi connectivity index (χ0n) is 12.3. The highest BCUT2D eigenvalue weighted by Gasteiger charge is 2.20. The highest BCUT2D eigenvalue weighted by molar-refractivity contribution is 5.46. The molecule has 0 radical (unpaired) electrons. The molecule has 0 aliphatic carbocycles. The van der Waals surface area contributed by atoms with Crippen molar-refractivity contribution in [1.29, 1.82) is 0 Å². The van der Waals surface area contributed by atoms with Crippen molar-refractivity contribution in [2.24, 2.45) is 5.73 Å². The Morgan fingerprint density at radius 3 is 3.14 bits per heavy atom. The summed E-state index contributed by atoms with van der Waals surface area (Å²) in [6.07, 6.45) is -0.00251. The third kappa shape index (κ3) is 4.71. The van der Waals surface area contributed by atoms with Gasteiger partial charge in [-0.25, -0.2) is 4.39 Å². The minimum Gasteiger partial charge on any atom is -0.489 e. The normalized spacial score (nSPS) is 18.9. The second-order valence-corrected chi connectivity index (χ2v) is 4.84. The highest BCUT2D eigenvalue weighted by atomic mass is 19.1. The molecule has 0 aromatic heterocycles. The van der Waals surface area contributed by atoms with Gasteiger partial charge in [0.2, 0.25) is 0 Å². The van der Waals surface area contributed by atoms with Crippen molar-refractivity contribution in [3.8, 4) is 17.6 Å². The maximum Gasteiger partial charge on any atom is 0.137 e. The first-order valence-corrected chi connectivity index (χ1v) is 7.18. The average Bonchev–Trinajstić information content (AvgIpc) is 2.52. The van der Waals surface area contributed by atoms with Crippen molar-refractivity contribution in [1.82, 2.24) is 4.90 Å². The molecule has 0 spiro atoms. The number of morpholine rings is 1. The molecule has 1 saturated heterocycles. The summed E-state index contributed by atoms with van der Waals surface area (Å²) >= 11 is 0. The number of hydrogen-bond acceptors (Lipinski definition) is 4. The van der Waals surface area contributed by atoms with Gasteiger partial charge in [-0.1, -0.05) is 18.8 Å². The Bertz CT molecular complexity index is 525. The number of hydrogen-bond donors (Lipinski definition) is 1. The highest BCUT2D eigenvalue weighted by Crippen LogP contribution is 2.20. The van der Waals surface area contributed by atoms with Crippen LogP contribution < -0.4 is 10.5 Å². The van der Waals surface area contributed by atoms with Crippen LogP contribution in [-0.4, -0.2) is 50.4 Å². The number of ether oxygens (including phenoxy) is 2. The molecule has 2 N–H and O–H groups in total. The first kappa shape index (κ1) is 15.8. The predicted molar refractivity (Wildman–Crippen MR) is 79.7 cm³/mol. The molecule has 1 fully saturated rings. The molecular formula is C16H21FN2O2. The van der Waals surface area contributed by atoms with Crippen LogP contribution >= 0.6 is 0 Å². The Kier molecular flexibility index (Phi) is 6.00. The minimum atomic E-state index is -0.344. The van der Waals surface area contributed by atoms with Crippen LogP contribution in [-0.2, 0) is 4.74 Å². The fourth-order valence-electron chi connectivity index (χ4n) is 2.22. The van der Waals surface area contributed by atoms with E-state index in [1.54, 1.807) is 6.07 Å². The molecule has 1 aromatic carbocycles. The van der Waals surface area contributed by atoms with E-state index < -0.39 is 0 Å². The van der Waals surface area contributed by atoms with Gasteiger partial charge in [-0.15, -0.1) is 0 Å². The molecule has 1 heterocycles. The molecule has 114 valence electrons. The van der Waals surface area contributed by atoms with Gasteiger partial charge in [-0.3, -0.25) is 4.90 Å². The first-order chi connectivity index (χ1) is 10.2. The van der Waals surface area contributed by atoms with Crippen molar-refractivity contribution in [2.75, 3.05) is 39.4 Å². The molecule has 0 saturated carbocycles. The van der Waals surface area contributed by atoms with Crippen LogP contribution in [0.3, 0.4) is 0 Å². The standard InChI is InChI=1S/C16H21FN2O2/c1-2-19-8-9-20-15(11-19)12-21-16-10-14(17)6-5-13(16)4-3-7-18/h5-6,10,15H,2,7-9,11-12,18H2,1H3. The van der Waals surface area contributed by atoms with Crippen LogP contribution in [0.15, 0.2) is 18.2 Å². The summed E-state index contributed by atoms with van der Waals surface area (Å²) in [5, 5.41) is 0. The lowest BCUT2D eigenvalue weighted by atomic mass is 10.2. The number of likely N-dealkylation sites (N-methyl/N-ethyl adjacent to an activating group) is 1. The quantitative estimate of drug-likeness (QED) is 0.848. The molecule has 0 bridgehead atoms. The van der Waals surface area contributed by atoms with Crippen molar-refractivity contribution >= 4 is 0 Å². The summed E-state index contributed by atoms with van der Waals surface area (Å²) in [7, 11) is 0. The maximum atomic E-state index is 13.4. The Balaban J connectivity index is 2.00. The van der Waals surface area contributed by atoms with Gasteiger partial charge in [0.1, 0.15) is 24.3 Å². The third-order valence-electron chi connectivity index (χ3n) is 3.36. The van der Waals surface area contributed by atoms with Gasteiger partial charge in [0, 0.05) is 19.2 Å². The van der Waals surface area contributed by atoms with Crippen LogP contribution in [0.1, 0.15) is 12.5 Å². The number of rotatable bonds is 4. The van der Waals surface area contributed by atoms with Crippen molar-refractivity contribution in [2.45, 2.75) is 13.0 Å². The summed E-state index contributed by atoms with van der Waals surface area (Å²) in [6.45, 7) is 6.23. The molecule has 5 heteroatoms. The maximum absolute atomic E-state index is 13.4. The van der Waals surface area contributed by atoms with Gasteiger partial charge >= 0.3 is 0 Å². The predicted octanol–water partition coefficient (Wildman–Crippen LogP) is 1.24. The Morgan fingerprint density at radius 2 is 2.38 bits per heavy atom. The fourth-order valence-corrected chi connectivity index (χ4v) is 2.22. The summed E-state index contributed by atoms with van der Waals surface area (Å²) in [5.41, 5.74) is 6.01. The monoisotopic (exact) mass is 292 g/mol. The van der Waals surface area contributed by atoms with Crippen LogP contribution in [0, 0.1) is 17.7 Å². The van der Waals surface area contributed by atoms with E-state index in [9.17, 15) is 4.39 Å². The molecule has 1 unspecified atom stereocenters. The van der Waals surface area contributed by atoms with E-state index in [4.69, 9.17) is 15.2 Å². The lowest BCUT2D eigenvalue weighted by Crippen LogP contribution is -2.44. The smallest absolute Gasteiger partial charge is 0.137 e. The SMILES string of the molecule is CCN1CCOC(COc2cc(F)ccc2C#CCN)C1. The number of benzene rings is 1. The van der Waals surface area contributed by atoms with E-state index in [0.29, 0.717) is 24.5 Å². The van der Waals surface area contributed by atoms with Gasteiger partial charge in [0.05, 0.1) is 18.7 Å². The first-order valence-electron chi connectivity index (χ1n) is 7.18. The molecule has 0 amide bonds. The van der Waals surface area contributed by atoms with Gasteiger partial charge in [-0.2, -0.15) is 0 Å². The molecule has 1 aromatic rings. The van der Waals surface area contributed by atoms with E-state index in [0.717, 1.165) is 19.6 Å². The lowest BCUT2D eigenvalue weighted by molar-refractivity contribution is -0.0464. The van der Waals surface area contributed by atoms with Gasteiger partial charge in [0.15, 0.2) is 0 Å². The van der Waals surface area contributed by atoms with Crippen molar-refractivity contribution < 1.29 is 13.9 Å². The van der Waals surface area contributed by atoms with Gasteiger partial charge in [0.25, 0.3) is 0 Å². The zero-order chi connectivity index (χ0) is 15.1. The van der Waals surface area contributed by atoms with Gasteiger partial charge < -0.3 is 15.2 Å². The summed E-state index contributed by atoms with van der Waals surface area (Å²) in [4.78, 5) is 2.30. The van der Waals surface area contributed by atoms with E-state index in [-0.39, 0.29) is 18.5 Å². The summed E-state index contributed by atoms with van der Waals surface area (Å²) < 4.78 is 24.7. The van der Waals surface area contributed by atoms with E-state index in [1.165, 1.54) is 12.1 Å². The Hall–Kier alpha value is -1.61. The van der Waals surface area contributed by atoms with Gasteiger partial charge in [-0.05, 0) is 18.7 Å². The third-order valence-corrected chi connectivity index (χ3v) is 3.36. The van der Waals surface area contributed by atoms with E-state index >= 15 is 0 Å². The van der Waals surface area contributed by atoms with Crippen LogP contribution in [0.25, 0.3) is 0 Å². The van der Waals surface area contributed by atoms with E-state index in [1.807, 2.05) is 0 Å². The molecular weight excluding hydrogens is 271 g/mol. The zero-order valence-corrected chi connectivity index (χ0v) is 12.3. The molecule has 1 aliphatic rings.